The van der Waals surface area contributed by atoms with Crippen LogP contribution in [-0.2, 0) is 17.4 Å². The molecule has 4 N–H and O–H groups in total. The van der Waals surface area contributed by atoms with Gasteiger partial charge in [0.25, 0.3) is 0 Å². The van der Waals surface area contributed by atoms with Crippen LogP contribution in [0, 0.1) is 0 Å². The van der Waals surface area contributed by atoms with Crippen molar-refractivity contribution in [2.24, 2.45) is 5.90 Å². The van der Waals surface area contributed by atoms with E-state index in [4.69, 9.17) is 5.90 Å². The quantitative estimate of drug-likeness (QED) is 0.550. The lowest BCUT2D eigenvalue weighted by atomic mass is 10.1. The van der Waals surface area contributed by atoms with Gasteiger partial charge in [0.2, 0.25) is 0 Å². The molecule has 0 aromatic heterocycles. The summed E-state index contributed by atoms with van der Waals surface area (Å²) in [7, 11) is 0. The molecular weight excluding hydrogens is 227 g/mol. The minimum Gasteiger partial charge on any atom is -0.504 e. The van der Waals surface area contributed by atoms with Crippen molar-refractivity contribution in [1.82, 2.24) is 0 Å². The maximum atomic E-state index is 12.3. The van der Waals surface area contributed by atoms with Gasteiger partial charge in [-0.1, -0.05) is 6.07 Å². The second kappa shape index (κ2) is 4.58. The van der Waals surface area contributed by atoms with E-state index in [0.29, 0.717) is 6.07 Å². The van der Waals surface area contributed by atoms with Crippen molar-refractivity contribution in [2.75, 3.05) is 6.61 Å². The van der Waals surface area contributed by atoms with Gasteiger partial charge in [-0.3, -0.25) is 0 Å². The third-order valence-corrected chi connectivity index (χ3v) is 2.03. The molecule has 0 heterocycles. The zero-order chi connectivity index (χ0) is 12.3. The molecule has 90 valence electrons. The molecule has 0 atom stereocenters. The fourth-order valence-electron chi connectivity index (χ4n) is 1.22. The molecule has 1 aromatic rings. The summed E-state index contributed by atoms with van der Waals surface area (Å²) < 4.78 is 36.9. The van der Waals surface area contributed by atoms with Gasteiger partial charge in [-0.2, -0.15) is 13.2 Å². The molecule has 0 saturated carbocycles. The Hall–Kier alpha value is -1.47. The number of rotatable bonds is 3. The number of hydrogen-bond donors (Lipinski definition) is 3. The molecule has 4 nitrogen and oxygen atoms in total. The van der Waals surface area contributed by atoms with E-state index < -0.39 is 23.2 Å². The van der Waals surface area contributed by atoms with Crippen LogP contribution < -0.4 is 5.90 Å². The Morgan fingerprint density at radius 2 is 1.81 bits per heavy atom. The fourth-order valence-corrected chi connectivity index (χ4v) is 1.22. The second-order valence-electron chi connectivity index (χ2n) is 3.09. The molecule has 0 aliphatic heterocycles. The maximum absolute atomic E-state index is 12.3. The van der Waals surface area contributed by atoms with E-state index in [9.17, 15) is 23.4 Å². The van der Waals surface area contributed by atoms with Crippen LogP contribution in [0.3, 0.4) is 0 Å². The highest BCUT2D eigenvalue weighted by Crippen LogP contribution is 2.41. The third-order valence-electron chi connectivity index (χ3n) is 2.03. The fraction of sp³-hybridized carbons (Fsp3) is 0.333. The van der Waals surface area contributed by atoms with E-state index in [1.807, 2.05) is 0 Å². The lowest BCUT2D eigenvalue weighted by molar-refractivity contribution is -0.138. The molecule has 0 fully saturated rings. The monoisotopic (exact) mass is 237 g/mol. The lowest BCUT2D eigenvalue weighted by Crippen LogP contribution is -2.07. The number of hydrogen-bond acceptors (Lipinski definition) is 4. The van der Waals surface area contributed by atoms with Crippen molar-refractivity contribution in [3.8, 4) is 11.5 Å². The highest BCUT2D eigenvalue weighted by molar-refractivity contribution is 5.51. The number of phenolic OH excluding ortho intramolecular Hbond substituents is 2. The van der Waals surface area contributed by atoms with Gasteiger partial charge in [-0.05, 0) is 6.07 Å². The number of nitrogens with two attached hydrogens (primary N) is 1. The van der Waals surface area contributed by atoms with Crippen LogP contribution in [0.4, 0.5) is 13.2 Å². The average molecular weight is 237 g/mol. The van der Waals surface area contributed by atoms with Crippen LogP contribution in [-0.4, -0.2) is 16.8 Å². The molecule has 0 saturated heterocycles. The molecule has 1 rings (SSSR count). The van der Waals surface area contributed by atoms with E-state index in [1.54, 1.807) is 0 Å². The van der Waals surface area contributed by atoms with Crippen molar-refractivity contribution in [2.45, 2.75) is 12.6 Å². The highest BCUT2D eigenvalue weighted by atomic mass is 19.4. The van der Waals surface area contributed by atoms with Crippen LogP contribution in [0.2, 0.25) is 0 Å². The minimum atomic E-state index is -4.70. The van der Waals surface area contributed by atoms with Crippen LogP contribution >= 0.6 is 0 Å². The van der Waals surface area contributed by atoms with E-state index in [0.717, 1.165) is 6.07 Å². The highest BCUT2D eigenvalue weighted by Gasteiger charge is 2.35. The zero-order valence-corrected chi connectivity index (χ0v) is 8.08. The second-order valence-corrected chi connectivity index (χ2v) is 3.09. The van der Waals surface area contributed by atoms with Gasteiger partial charge in [0.1, 0.15) is 5.56 Å². The topological polar surface area (TPSA) is 75.7 Å². The Morgan fingerprint density at radius 3 is 2.31 bits per heavy atom. The summed E-state index contributed by atoms with van der Waals surface area (Å²) in [6.45, 7) is 0.0262. The average Bonchev–Trinajstić information content (AvgIpc) is 2.18. The molecule has 16 heavy (non-hydrogen) atoms. The first kappa shape index (κ1) is 12.6. The molecule has 0 amide bonds. The smallest absolute Gasteiger partial charge is 0.420 e. The van der Waals surface area contributed by atoms with Crippen LogP contribution in [0.1, 0.15) is 11.1 Å². The number of phenols is 2. The minimum absolute atomic E-state index is 0.0262. The van der Waals surface area contributed by atoms with Gasteiger partial charge >= 0.3 is 6.18 Å². The van der Waals surface area contributed by atoms with Gasteiger partial charge in [0.05, 0.1) is 6.61 Å². The first-order valence-corrected chi connectivity index (χ1v) is 4.30. The Balaban J connectivity index is 3.08. The van der Waals surface area contributed by atoms with Crippen LogP contribution in [0.25, 0.3) is 0 Å². The van der Waals surface area contributed by atoms with Crippen molar-refractivity contribution in [3.05, 3.63) is 23.3 Å². The number of benzene rings is 1. The molecule has 1 aromatic carbocycles. The summed E-state index contributed by atoms with van der Waals surface area (Å²) in [6.07, 6.45) is -4.60. The van der Waals surface area contributed by atoms with Crippen molar-refractivity contribution in [3.63, 3.8) is 0 Å². The van der Waals surface area contributed by atoms with Crippen LogP contribution in [0.15, 0.2) is 12.1 Å². The zero-order valence-electron chi connectivity index (χ0n) is 8.08. The summed E-state index contributed by atoms with van der Waals surface area (Å²) in [5.41, 5.74) is -1.14. The van der Waals surface area contributed by atoms with E-state index >= 15 is 0 Å². The van der Waals surface area contributed by atoms with Crippen molar-refractivity contribution < 1.29 is 28.2 Å². The molecule has 7 heteroatoms. The van der Waals surface area contributed by atoms with Crippen molar-refractivity contribution in [1.29, 1.82) is 0 Å². The molecular formula is C9H10F3NO3. The summed E-state index contributed by atoms with van der Waals surface area (Å²) >= 11 is 0. The Morgan fingerprint density at radius 1 is 1.19 bits per heavy atom. The summed E-state index contributed by atoms with van der Waals surface area (Å²) in [5.74, 6) is 2.76. The van der Waals surface area contributed by atoms with Gasteiger partial charge in [-0.25, -0.2) is 5.90 Å². The predicted octanol–water partition coefficient (Wildman–Crippen LogP) is 1.55. The van der Waals surface area contributed by atoms with Gasteiger partial charge in [-0.15, -0.1) is 0 Å². The van der Waals surface area contributed by atoms with Gasteiger partial charge in [0.15, 0.2) is 11.5 Å². The standard InChI is InChI=1S/C9H10F3NO3/c10-9(11,12)6-2-1-5(3-4-16-13)7(14)8(6)15/h1-2,14-15H,3-4,13H2. The Kier molecular flexibility index (Phi) is 3.61. The summed E-state index contributed by atoms with van der Waals surface area (Å²) in [5, 5.41) is 18.5. The largest absolute Gasteiger partial charge is 0.504 e. The SMILES string of the molecule is NOCCc1ccc(C(F)(F)F)c(O)c1O. The number of alkyl halides is 3. The van der Waals surface area contributed by atoms with E-state index in [2.05, 4.69) is 4.84 Å². The van der Waals surface area contributed by atoms with Gasteiger partial charge < -0.3 is 15.1 Å². The normalized spacial score (nSPS) is 11.8. The molecule has 0 spiro atoms. The van der Waals surface area contributed by atoms with Crippen molar-refractivity contribution >= 4 is 0 Å². The number of aromatic hydroxyl groups is 2. The molecule has 0 radical (unpaired) electrons. The Labute approximate surface area is 89.0 Å². The van der Waals surface area contributed by atoms with E-state index in [1.165, 1.54) is 0 Å². The summed E-state index contributed by atoms with van der Waals surface area (Å²) in [6, 6.07) is 1.76. The summed E-state index contributed by atoms with van der Waals surface area (Å²) in [4.78, 5) is 4.22. The molecule has 0 aliphatic carbocycles. The first-order valence-electron chi connectivity index (χ1n) is 4.30. The van der Waals surface area contributed by atoms with E-state index in [-0.39, 0.29) is 18.6 Å². The third kappa shape index (κ3) is 2.56. The van der Waals surface area contributed by atoms with Crippen LogP contribution in [0.5, 0.6) is 11.5 Å². The number of halogens is 3. The molecule has 0 aliphatic rings. The first-order chi connectivity index (χ1) is 7.38. The lowest BCUT2D eigenvalue weighted by Gasteiger charge is -2.12. The van der Waals surface area contributed by atoms with Gasteiger partial charge in [0, 0.05) is 12.0 Å². The maximum Gasteiger partial charge on any atom is 0.420 e. The Bertz CT molecular complexity index is 379. The predicted molar refractivity (Wildman–Crippen MR) is 48.6 cm³/mol. The molecule has 0 unspecified atom stereocenters. The molecule has 0 bridgehead atoms.